The molecule has 5 heterocycles. The molecule has 0 aliphatic carbocycles. The number of rotatable bonds is 8. The average Bonchev–Trinajstić information content (AvgIpc) is 2.91. The fourth-order valence-corrected chi connectivity index (χ4v) is 6.71. The second kappa shape index (κ2) is 12.3. The van der Waals surface area contributed by atoms with E-state index in [1.807, 2.05) is 29.2 Å². The normalized spacial score (nSPS) is 18.2. The van der Waals surface area contributed by atoms with Crippen LogP contribution in [0.4, 0.5) is 5.95 Å². The van der Waals surface area contributed by atoms with E-state index in [0.29, 0.717) is 39.2 Å². The predicted octanol–water partition coefficient (Wildman–Crippen LogP) is 4.65. The summed E-state index contributed by atoms with van der Waals surface area (Å²) < 4.78 is 6.18. The molecule has 2 amide bonds. The molecule has 10 nitrogen and oxygen atoms in total. The van der Waals surface area contributed by atoms with Crippen LogP contribution in [0.2, 0.25) is 10.0 Å². The number of anilines is 1. The maximum absolute atomic E-state index is 11.5. The third kappa shape index (κ3) is 7.03. The number of nitrogens with one attached hydrogen (secondary N) is 1. The molecular weight excluding hydrogens is 589 g/mol. The maximum Gasteiger partial charge on any atom is 0.225 e. The standard InChI is InChI=1S/C31H35Cl2N7O3/c1-20(41)34-12-22-3-5-38(6-4-22)15-23-7-28(24-9-25(32)11-26(33)10-24)37-29(8-23)43-27-13-35-30(36-14-27)40-18-31(19-40)16-39(17-31)21(2)42/h7-11,13-14,22H,3-6,12,15-19H2,1-2H3,(H,34,41). The van der Waals surface area contributed by atoms with E-state index in [0.717, 1.165) is 76.3 Å². The van der Waals surface area contributed by atoms with E-state index in [1.54, 1.807) is 32.3 Å². The summed E-state index contributed by atoms with van der Waals surface area (Å²) in [4.78, 5) is 43.1. The number of aromatic nitrogens is 3. The molecule has 226 valence electrons. The summed E-state index contributed by atoms with van der Waals surface area (Å²) in [5.74, 6) is 2.22. The second-order valence-electron chi connectivity index (χ2n) is 12.1. The number of carbonyl (C=O) groups is 2. The van der Waals surface area contributed by atoms with Gasteiger partial charge in [-0.1, -0.05) is 23.2 Å². The second-order valence-corrected chi connectivity index (χ2v) is 12.9. The molecule has 3 aliphatic heterocycles. The van der Waals surface area contributed by atoms with Crippen molar-refractivity contribution in [2.45, 2.75) is 33.2 Å². The monoisotopic (exact) mass is 623 g/mol. The van der Waals surface area contributed by atoms with Crippen LogP contribution in [0, 0.1) is 11.3 Å². The number of ether oxygens (including phenoxy) is 1. The molecule has 3 aromatic rings. The van der Waals surface area contributed by atoms with Crippen molar-refractivity contribution < 1.29 is 14.3 Å². The van der Waals surface area contributed by atoms with Gasteiger partial charge >= 0.3 is 0 Å². The maximum atomic E-state index is 11.5. The molecule has 0 saturated carbocycles. The van der Waals surface area contributed by atoms with E-state index in [1.165, 1.54) is 0 Å². The number of benzene rings is 1. The SMILES string of the molecule is CC(=O)NCC1CCN(Cc2cc(Oc3cnc(N4CC5(CN(C(C)=O)C5)C4)nc3)nc(-c3cc(Cl)cc(Cl)c3)c2)CC1. The molecule has 1 aromatic carbocycles. The van der Waals surface area contributed by atoms with Crippen LogP contribution in [0.3, 0.4) is 0 Å². The van der Waals surface area contributed by atoms with Crippen LogP contribution in [-0.2, 0) is 16.1 Å². The molecule has 12 heteroatoms. The number of amides is 2. The lowest BCUT2D eigenvalue weighted by Crippen LogP contribution is -2.73. The van der Waals surface area contributed by atoms with Crippen LogP contribution in [0.5, 0.6) is 11.6 Å². The number of nitrogens with zero attached hydrogens (tertiary/aromatic N) is 6. The molecule has 2 aromatic heterocycles. The first-order valence-corrected chi connectivity index (χ1v) is 15.3. The quantitative estimate of drug-likeness (QED) is 0.387. The lowest BCUT2D eigenvalue weighted by atomic mass is 9.73. The summed E-state index contributed by atoms with van der Waals surface area (Å²) in [6, 6.07) is 9.37. The van der Waals surface area contributed by atoms with Crippen molar-refractivity contribution >= 4 is 41.0 Å². The zero-order chi connectivity index (χ0) is 30.1. The van der Waals surface area contributed by atoms with E-state index in [9.17, 15) is 9.59 Å². The predicted molar refractivity (Wildman–Crippen MR) is 165 cm³/mol. The molecule has 1 N–H and O–H groups in total. The molecule has 0 bridgehead atoms. The van der Waals surface area contributed by atoms with Gasteiger partial charge in [-0.05, 0) is 61.7 Å². The molecule has 0 atom stereocenters. The fourth-order valence-electron chi connectivity index (χ4n) is 6.18. The van der Waals surface area contributed by atoms with Crippen molar-refractivity contribution in [2.24, 2.45) is 11.3 Å². The Hall–Kier alpha value is -3.47. The van der Waals surface area contributed by atoms with Gasteiger partial charge < -0.3 is 19.9 Å². The first-order valence-electron chi connectivity index (χ1n) is 14.6. The van der Waals surface area contributed by atoms with Gasteiger partial charge in [0.25, 0.3) is 0 Å². The molecular formula is C31H35Cl2N7O3. The molecule has 0 radical (unpaired) electrons. The first-order chi connectivity index (χ1) is 20.6. The Morgan fingerprint density at radius 1 is 0.977 bits per heavy atom. The minimum absolute atomic E-state index is 0.0187. The third-order valence-corrected chi connectivity index (χ3v) is 8.88. The number of pyridine rings is 1. The van der Waals surface area contributed by atoms with E-state index < -0.39 is 0 Å². The highest BCUT2D eigenvalue weighted by molar-refractivity contribution is 6.35. The summed E-state index contributed by atoms with van der Waals surface area (Å²) in [5.41, 5.74) is 2.74. The number of halogens is 2. The Morgan fingerprint density at radius 3 is 2.28 bits per heavy atom. The Kier molecular flexibility index (Phi) is 8.44. The number of carbonyl (C=O) groups excluding carboxylic acids is 2. The Balaban J connectivity index is 1.14. The molecule has 43 heavy (non-hydrogen) atoms. The van der Waals surface area contributed by atoms with Gasteiger partial charge in [0.2, 0.25) is 23.6 Å². The molecule has 6 rings (SSSR count). The smallest absolute Gasteiger partial charge is 0.225 e. The van der Waals surface area contributed by atoms with Gasteiger partial charge in [0.05, 0.1) is 18.1 Å². The van der Waals surface area contributed by atoms with Crippen molar-refractivity contribution in [1.29, 1.82) is 0 Å². The Bertz CT molecular complexity index is 1480. The van der Waals surface area contributed by atoms with Crippen molar-refractivity contribution in [1.82, 2.24) is 30.1 Å². The van der Waals surface area contributed by atoms with Gasteiger partial charge in [0.15, 0.2) is 5.75 Å². The van der Waals surface area contributed by atoms with Crippen LogP contribution in [-0.4, -0.2) is 82.4 Å². The van der Waals surface area contributed by atoms with E-state index in [2.05, 4.69) is 25.1 Å². The fraction of sp³-hybridized carbons (Fsp3) is 0.452. The van der Waals surface area contributed by atoms with Crippen molar-refractivity contribution in [3.8, 4) is 22.9 Å². The Labute approximate surface area is 261 Å². The van der Waals surface area contributed by atoms with Crippen molar-refractivity contribution in [2.75, 3.05) is 50.7 Å². The molecule has 3 aliphatic rings. The van der Waals surface area contributed by atoms with Crippen LogP contribution in [0.1, 0.15) is 32.3 Å². The molecule has 0 unspecified atom stereocenters. The van der Waals surface area contributed by atoms with Gasteiger partial charge in [-0.3, -0.25) is 14.5 Å². The van der Waals surface area contributed by atoms with E-state index in [4.69, 9.17) is 32.9 Å². The summed E-state index contributed by atoms with van der Waals surface area (Å²) in [5, 5.41) is 4.01. The highest BCUT2D eigenvalue weighted by Crippen LogP contribution is 2.41. The minimum atomic E-state index is 0.0187. The third-order valence-electron chi connectivity index (χ3n) is 8.44. The van der Waals surface area contributed by atoms with Crippen LogP contribution in [0.25, 0.3) is 11.3 Å². The van der Waals surface area contributed by atoms with Crippen LogP contribution < -0.4 is 15.0 Å². The summed E-state index contributed by atoms with van der Waals surface area (Å²) in [6.07, 6.45) is 5.39. The van der Waals surface area contributed by atoms with Gasteiger partial charge in [0, 0.05) is 80.2 Å². The van der Waals surface area contributed by atoms with E-state index >= 15 is 0 Å². The number of hydrogen-bond donors (Lipinski definition) is 1. The topological polar surface area (TPSA) is 104 Å². The van der Waals surface area contributed by atoms with Crippen molar-refractivity contribution in [3.05, 3.63) is 58.3 Å². The molecule has 3 fully saturated rings. The molecule has 3 saturated heterocycles. The van der Waals surface area contributed by atoms with Crippen LogP contribution in [0.15, 0.2) is 42.7 Å². The highest BCUT2D eigenvalue weighted by Gasteiger charge is 2.53. The van der Waals surface area contributed by atoms with Gasteiger partial charge in [-0.15, -0.1) is 0 Å². The summed E-state index contributed by atoms with van der Waals surface area (Å²) in [7, 11) is 0. The highest BCUT2D eigenvalue weighted by atomic mass is 35.5. The Morgan fingerprint density at radius 2 is 1.65 bits per heavy atom. The number of likely N-dealkylation sites (tertiary alicyclic amines) is 2. The van der Waals surface area contributed by atoms with E-state index in [-0.39, 0.29) is 17.2 Å². The first kappa shape index (κ1) is 29.6. The van der Waals surface area contributed by atoms with Gasteiger partial charge in [0.1, 0.15) is 0 Å². The molecule has 1 spiro atoms. The lowest BCUT2D eigenvalue weighted by molar-refractivity contribution is -0.142. The summed E-state index contributed by atoms with van der Waals surface area (Å²) in [6.45, 7) is 9.82. The summed E-state index contributed by atoms with van der Waals surface area (Å²) >= 11 is 12.6. The van der Waals surface area contributed by atoms with Crippen LogP contribution >= 0.6 is 23.2 Å². The zero-order valence-electron chi connectivity index (χ0n) is 24.4. The minimum Gasteiger partial charge on any atom is -0.436 e. The number of hydrogen-bond acceptors (Lipinski definition) is 8. The average molecular weight is 625 g/mol. The van der Waals surface area contributed by atoms with Crippen molar-refractivity contribution in [3.63, 3.8) is 0 Å². The van der Waals surface area contributed by atoms with Gasteiger partial charge in [-0.2, -0.15) is 0 Å². The number of piperidine rings is 1. The lowest BCUT2D eigenvalue weighted by Gasteiger charge is -2.59. The van der Waals surface area contributed by atoms with Gasteiger partial charge in [-0.25, -0.2) is 15.0 Å². The largest absolute Gasteiger partial charge is 0.436 e. The zero-order valence-corrected chi connectivity index (χ0v) is 25.9.